The van der Waals surface area contributed by atoms with Gasteiger partial charge in [0.1, 0.15) is 0 Å². The van der Waals surface area contributed by atoms with E-state index in [-0.39, 0.29) is 0 Å². The number of benzene rings is 1. The molecule has 0 fully saturated rings. The van der Waals surface area contributed by atoms with Crippen molar-refractivity contribution in [1.82, 2.24) is 0 Å². The molecule has 0 N–H and O–H groups in total. The Bertz CT molecular complexity index is 658. The van der Waals surface area contributed by atoms with Crippen LogP contribution in [0.4, 0.5) is 0 Å². The van der Waals surface area contributed by atoms with Gasteiger partial charge in [0.2, 0.25) is 0 Å². The summed E-state index contributed by atoms with van der Waals surface area (Å²) in [6.45, 7) is 4.58. The summed E-state index contributed by atoms with van der Waals surface area (Å²) in [5, 5.41) is 2.20. The molecule has 156 valence electrons. The number of aryl methyl sites for hydroxylation is 2. The van der Waals surface area contributed by atoms with Crippen molar-refractivity contribution in [3.8, 4) is 11.1 Å². The van der Waals surface area contributed by atoms with Crippen molar-refractivity contribution >= 4 is 27.3 Å². The molecular weight excluding hydrogens is 424 g/mol. The molecule has 2 heteroatoms. The van der Waals surface area contributed by atoms with Crippen LogP contribution in [0, 0.1) is 0 Å². The third-order valence-corrected chi connectivity index (χ3v) is 7.39. The molecule has 1 heterocycles. The van der Waals surface area contributed by atoms with Crippen molar-refractivity contribution in [2.75, 3.05) is 0 Å². The van der Waals surface area contributed by atoms with Crippen molar-refractivity contribution < 1.29 is 0 Å². The van der Waals surface area contributed by atoms with Crippen molar-refractivity contribution in [2.24, 2.45) is 0 Å². The summed E-state index contributed by atoms with van der Waals surface area (Å²) in [5.41, 5.74) is 5.89. The van der Waals surface area contributed by atoms with Crippen LogP contribution in [0.15, 0.2) is 33.4 Å². The monoisotopic (exact) mass is 462 g/mol. The van der Waals surface area contributed by atoms with Gasteiger partial charge in [0.05, 0.1) is 3.79 Å². The van der Waals surface area contributed by atoms with Crippen molar-refractivity contribution in [2.45, 2.75) is 104 Å². The van der Waals surface area contributed by atoms with Gasteiger partial charge in [-0.2, -0.15) is 0 Å². The van der Waals surface area contributed by atoms with Gasteiger partial charge in [-0.1, -0.05) is 96.3 Å². The van der Waals surface area contributed by atoms with Gasteiger partial charge in [-0.05, 0) is 69.8 Å². The van der Waals surface area contributed by atoms with E-state index in [4.69, 9.17) is 0 Å². The zero-order chi connectivity index (χ0) is 20.0. The van der Waals surface area contributed by atoms with Gasteiger partial charge >= 0.3 is 0 Å². The van der Waals surface area contributed by atoms with Crippen LogP contribution in [0.5, 0.6) is 0 Å². The minimum atomic E-state index is 1.21. The third-order valence-electron chi connectivity index (χ3n) is 5.70. The SMILES string of the molecule is CCCCCCCCc1ccc(CCCCCCCC)c(-c2ccsc2Br)c1. The van der Waals surface area contributed by atoms with E-state index in [1.807, 2.05) is 0 Å². The molecule has 2 rings (SSSR count). The molecule has 0 radical (unpaired) electrons. The normalized spacial score (nSPS) is 11.2. The molecule has 0 unspecified atom stereocenters. The lowest BCUT2D eigenvalue weighted by molar-refractivity contribution is 0.606. The van der Waals surface area contributed by atoms with Crippen LogP contribution in [0.25, 0.3) is 11.1 Å². The highest BCUT2D eigenvalue weighted by atomic mass is 79.9. The second kappa shape index (κ2) is 14.4. The molecule has 0 spiro atoms. The van der Waals surface area contributed by atoms with E-state index in [9.17, 15) is 0 Å². The number of hydrogen-bond donors (Lipinski definition) is 0. The maximum atomic E-state index is 3.78. The second-order valence-electron chi connectivity index (χ2n) is 8.14. The number of unbranched alkanes of at least 4 members (excludes halogenated alkanes) is 10. The molecule has 2 aromatic rings. The molecular formula is C26H39BrS. The lowest BCUT2D eigenvalue weighted by Gasteiger charge is -2.12. The van der Waals surface area contributed by atoms with E-state index < -0.39 is 0 Å². The number of hydrogen-bond acceptors (Lipinski definition) is 1. The largest absolute Gasteiger partial charge is 0.136 e. The van der Waals surface area contributed by atoms with E-state index in [1.54, 1.807) is 11.3 Å². The van der Waals surface area contributed by atoms with E-state index in [0.29, 0.717) is 0 Å². The summed E-state index contributed by atoms with van der Waals surface area (Å²) >= 11 is 5.58. The zero-order valence-electron chi connectivity index (χ0n) is 18.1. The predicted octanol–water partition coefficient (Wildman–Crippen LogP) is 9.98. The average molecular weight is 464 g/mol. The topological polar surface area (TPSA) is 0 Å². The van der Waals surface area contributed by atoms with Crippen LogP contribution in [0.3, 0.4) is 0 Å². The third kappa shape index (κ3) is 8.41. The Labute approximate surface area is 186 Å². The lowest BCUT2D eigenvalue weighted by atomic mass is 9.93. The number of rotatable bonds is 15. The molecule has 1 aromatic heterocycles. The minimum absolute atomic E-state index is 1.21. The van der Waals surface area contributed by atoms with E-state index >= 15 is 0 Å². The van der Waals surface area contributed by atoms with Crippen LogP contribution in [0.1, 0.15) is 102 Å². The van der Waals surface area contributed by atoms with Crippen molar-refractivity contribution in [3.05, 3.63) is 44.6 Å². The maximum Gasteiger partial charge on any atom is 0.0776 e. The predicted molar refractivity (Wildman–Crippen MR) is 132 cm³/mol. The average Bonchev–Trinajstić information content (AvgIpc) is 3.13. The number of thiophene rings is 1. The maximum absolute atomic E-state index is 3.78. The summed E-state index contributed by atoms with van der Waals surface area (Å²) in [7, 11) is 0. The molecule has 1 aromatic carbocycles. The Morgan fingerprint density at radius 3 is 1.89 bits per heavy atom. The minimum Gasteiger partial charge on any atom is -0.136 e. The number of halogens is 1. The van der Waals surface area contributed by atoms with Crippen molar-refractivity contribution in [3.63, 3.8) is 0 Å². The molecule has 28 heavy (non-hydrogen) atoms. The van der Waals surface area contributed by atoms with Gasteiger partial charge in [0.15, 0.2) is 0 Å². The first-order valence-electron chi connectivity index (χ1n) is 11.6. The highest BCUT2D eigenvalue weighted by Gasteiger charge is 2.11. The Morgan fingerprint density at radius 1 is 0.679 bits per heavy atom. The first kappa shape index (κ1) is 23.7. The van der Waals surface area contributed by atoms with E-state index in [0.717, 1.165) is 0 Å². The Hall–Kier alpha value is -0.600. The van der Waals surface area contributed by atoms with Crippen LogP contribution >= 0.6 is 27.3 Å². The quantitative estimate of drug-likeness (QED) is 0.231. The smallest absolute Gasteiger partial charge is 0.0776 e. The molecule has 0 nitrogen and oxygen atoms in total. The lowest BCUT2D eigenvalue weighted by Crippen LogP contribution is -1.94. The summed E-state index contributed by atoms with van der Waals surface area (Å²) < 4.78 is 1.27. The zero-order valence-corrected chi connectivity index (χ0v) is 20.5. The summed E-state index contributed by atoms with van der Waals surface area (Å²) in [5.74, 6) is 0. The van der Waals surface area contributed by atoms with Gasteiger partial charge in [-0.3, -0.25) is 0 Å². The van der Waals surface area contributed by atoms with Gasteiger partial charge in [0.25, 0.3) is 0 Å². The van der Waals surface area contributed by atoms with Crippen LogP contribution in [-0.4, -0.2) is 0 Å². The van der Waals surface area contributed by atoms with Gasteiger partial charge < -0.3 is 0 Å². The Kier molecular flexibility index (Phi) is 12.2. The van der Waals surface area contributed by atoms with Gasteiger partial charge in [-0.25, -0.2) is 0 Å². The standard InChI is InChI=1S/C26H39BrS/c1-3-5-7-9-11-13-15-22-17-18-23(16-14-12-10-8-6-4-2)25(21-22)24-19-20-28-26(24)27/h17-21H,3-16H2,1-2H3. The molecule has 0 saturated carbocycles. The second-order valence-corrected chi connectivity index (χ2v) is 10.4. The molecule has 0 bridgehead atoms. The van der Waals surface area contributed by atoms with Crippen molar-refractivity contribution in [1.29, 1.82) is 0 Å². The van der Waals surface area contributed by atoms with Crippen LogP contribution in [-0.2, 0) is 12.8 Å². The van der Waals surface area contributed by atoms with Gasteiger partial charge in [-0.15, -0.1) is 11.3 Å². The first-order chi connectivity index (χ1) is 13.8. The van der Waals surface area contributed by atoms with E-state index in [1.165, 1.54) is 116 Å². The Balaban J connectivity index is 1.95. The molecule has 0 amide bonds. The highest BCUT2D eigenvalue weighted by Crippen LogP contribution is 2.36. The molecule has 0 aliphatic carbocycles. The molecule has 0 aliphatic rings. The molecule has 0 atom stereocenters. The van der Waals surface area contributed by atoms with Crippen LogP contribution in [0.2, 0.25) is 0 Å². The summed E-state index contributed by atoms with van der Waals surface area (Å²) in [6.07, 6.45) is 18.8. The fourth-order valence-corrected chi connectivity index (χ4v) is 5.24. The summed E-state index contributed by atoms with van der Waals surface area (Å²) in [4.78, 5) is 0. The highest BCUT2D eigenvalue weighted by molar-refractivity contribution is 9.11. The summed E-state index contributed by atoms with van der Waals surface area (Å²) in [6, 6.07) is 9.56. The fraction of sp³-hybridized carbons (Fsp3) is 0.615. The fourth-order valence-electron chi connectivity index (χ4n) is 3.94. The van der Waals surface area contributed by atoms with Crippen LogP contribution < -0.4 is 0 Å². The Morgan fingerprint density at radius 2 is 1.29 bits per heavy atom. The van der Waals surface area contributed by atoms with E-state index in [2.05, 4.69) is 59.4 Å². The van der Waals surface area contributed by atoms with Gasteiger partial charge in [0, 0.05) is 5.56 Å². The molecule has 0 aliphatic heterocycles. The molecule has 0 saturated heterocycles. The first-order valence-corrected chi connectivity index (χ1v) is 13.3.